The summed E-state index contributed by atoms with van der Waals surface area (Å²) in [7, 11) is 0. The van der Waals surface area contributed by atoms with Crippen LogP contribution in [0, 0.1) is 5.82 Å². The third-order valence-corrected chi connectivity index (χ3v) is 2.96. The van der Waals surface area contributed by atoms with Crippen LogP contribution >= 0.6 is 12.2 Å². The molecule has 1 aromatic carbocycles. The predicted octanol–water partition coefficient (Wildman–Crippen LogP) is 1.00. The first-order chi connectivity index (χ1) is 8.56. The van der Waals surface area contributed by atoms with Crippen molar-refractivity contribution in [3.63, 3.8) is 0 Å². The lowest BCUT2D eigenvalue weighted by Crippen LogP contribution is -2.53. The third kappa shape index (κ3) is 2.89. The molecule has 94 valence electrons. The lowest BCUT2D eigenvalue weighted by molar-refractivity contribution is -0.134. The van der Waals surface area contributed by atoms with Gasteiger partial charge in [0.2, 0.25) is 11.8 Å². The summed E-state index contributed by atoms with van der Waals surface area (Å²) in [4.78, 5) is 24.0. The summed E-state index contributed by atoms with van der Waals surface area (Å²) >= 11 is 4.93. The molecule has 1 saturated heterocycles. The Bertz CT molecular complexity index is 481. The largest absolute Gasteiger partial charge is 0.302 e. The van der Waals surface area contributed by atoms with Gasteiger partial charge in [0.25, 0.3) is 0 Å². The number of carbonyl (C=O) groups is 2. The van der Waals surface area contributed by atoms with Crippen LogP contribution in [0.2, 0.25) is 0 Å². The molecule has 1 aliphatic rings. The maximum absolute atomic E-state index is 12.7. The van der Waals surface area contributed by atoms with Crippen LogP contribution in [0.5, 0.6) is 0 Å². The van der Waals surface area contributed by atoms with Crippen molar-refractivity contribution in [3.05, 3.63) is 35.6 Å². The molecule has 0 atom stereocenters. The van der Waals surface area contributed by atoms with Gasteiger partial charge >= 0.3 is 0 Å². The van der Waals surface area contributed by atoms with E-state index in [0.29, 0.717) is 13.0 Å². The van der Waals surface area contributed by atoms with Crippen molar-refractivity contribution in [1.82, 2.24) is 10.2 Å². The highest BCUT2D eigenvalue weighted by Gasteiger charge is 2.27. The van der Waals surface area contributed by atoms with E-state index in [-0.39, 0.29) is 29.2 Å². The third-order valence-electron chi connectivity index (χ3n) is 2.64. The molecule has 0 spiro atoms. The zero-order valence-corrected chi connectivity index (χ0v) is 10.3. The molecule has 0 saturated carbocycles. The van der Waals surface area contributed by atoms with Gasteiger partial charge in [-0.1, -0.05) is 12.1 Å². The molecule has 18 heavy (non-hydrogen) atoms. The van der Waals surface area contributed by atoms with Crippen LogP contribution in [0.1, 0.15) is 12.0 Å². The Hall–Kier alpha value is -1.82. The fourth-order valence-corrected chi connectivity index (χ4v) is 2.00. The van der Waals surface area contributed by atoms with Crippen molar-refractivity contribution < 1.29 is 14.0 Å². The van der Waals surface area contributed by atoms with Gasteiger partial charge in [0, 0.05) is 6.54 Å². The molecule has 1 fully saturated rings. The monoisotopic (exact) mass is 266 g/mol. The molecule has 1 aliphatic heterocycles. The van der Waals surface area contributed by atoms with E-state index >= 15 is 0 Å². The van der Waals surface area contributed by atoms with E-state index in [2.05, 4.69) is 5.32 Å². The van der Waals surface area contributed by atoms with Crippen LogP contribution in [0.3, 0.4) is 0 Å². The van der Waals surface area contributed by atoms with Gasteiger partial charge in [0.15, 0.2) is 5.11 Å². The van der Waals surface area contributed by atoms with E-state index in [4.69, 9.17) is 12.2 Å². The second-order valence-electron chi connectivity index (χ2n) is 3.95. The summed E-state index contributed by atoms with van der Waals surface area (Å²) in [6.07, 6.45) is 0.381. The van der Waals surface area contributed by atoms with Gasteiger partial charge in [-0.25, -0.2) is 4.39 Å². The van der Waals surface area contributed by atoms with Gasteiger partial charge in [0.05, 0.1) is 0 Å². The van der Waals surface area contributed by atoms with Crippen molar-refractivity contribution in [2.75, 3.05) is 6.54 Å². The SMILES string of the molecule is O=C1CC(=O)N(CCc2ccc(F)cc2)C(=S)N1. The molecule has 2 amide bonds. The number of halogens is 1. The number of hydrogen-bond donors (Lipinski definition) is 1. The first-order valence-corrected chi connectivity index (χ1v) is 5.86. The Morgan fingerprint density at radius 1 is 1.28 bits per heavy atom. The molecule has 0 aliphatic carbocycles. The Balaban J connectivity index is 1.97. The molecule has 4 nitrogen and oxygen atoms in total. The van der Waals surface area contributed by atoms with Gasteiger partial charge < -0.3 is 5.32 Å². The number of hydrogen-bond acceptors (Lipinski definition) is 3. The Labute approximate surface area is 109 Å². The molecule has 0 aromatic heterocycles. The van der Waals surface area contributed by atoms with Crippen LogP contribution in [0.4, 0.5) is 4.39 Å². The van der Waals surface area contributed by atoms with Crippen LogP contribution in [0.25, 0.3) is 0 Å². The zero-order valence-electron chi connectivity index (χ0n) is 9.48. The minimum atomic E-state index is -0.372. The second kappa shape index (κ2) is 5.22. The maximum Gasteiger partial charge on any atom is 0.238 e. The van der Waals surface area contributed by atoms with Crippen molar-refractivity contribution >= 4 is 29.1 Å². The predicted molar refractivity (Wildman–Crippen MR) is 67.2 cm³/mol. The molecule has 1 aromatic rings. The lowest BCUT2D eigenvalue weighted by Gasteiger charge is -2.27. The second-order valence-corrected chi connectivity index (χ2v) is 4.34. The Kier molecular flexibility index (Phi) is 3.66. The molecule has 0 unspecified atom stereocenters. The summed E-state index contributed by atoms with van der Waals surface area (Å²) in [5.74, 6) is -0.968. The number of benzene rings is 1. The van der Waals surface area contributed by atoms with E-state index in [1.807, 2.05) is 0 Å². The van der Waals surface area contributed by atoms with Crippen LogP contribution in [-0.2, 0) is 16.0 Å². The molecule has 0 radical (unpaired) electrons. The summed E-state index contributed by atoms with van der Waals surface area (Å²) in [6, 6.07) is 6.05. The van der Waals surface area contributed by atoms with Gasteiger partial charge in [0.1, 0.15) is 12.2 Å². The molecule has 1 N–H and O–H groups in total. The van der Waals surface area contributed by atoms with Crippen molar-refractivity contribution in [2.24, 2.45) is 0 Å². The van der Waals surface area contributed by atoms with E-state index in [1.165, 1.54) is 17.0 Å². The number of rotatable bonds is 3. The van der Waals surface area contributed by atoms with Gasteiger partial charge in [-0.05, 0) is 36.3 Å². The normalized spacial score (nSPS) is 15.8. The minimum absolute atomic E-state index is 0.137. The molecule has 0 bridgehead atoms. The summed E-state index contributed by atoms with van der Waals surface area (Å²) in [6.45, 7) is 0.379. The smallest absolute Gasteiger partial charge is 0.238 e. The highest BCUT2D eigenvalue weighted by molar-refractivity contribution is 7.80. The van der Waals surface area contributed by atoms with Crippen LogP contribution < -0.4 is 5.32 Å². The lowest BCUT2D eigenvalue weighted by atomic mass is 10.1. The summed E-state index contributed by atoms with van der Waals surface area (Å²) in [5, 5.41) is 2.58. The average Bonchev–Trinajstić information content (AvgIpc) is 2.30. The maximum atomic E-state index is 12.7. The number of amides is 2. The topological polar surface area (TPSA) is 49.4 Å². The van der Waals surface area contributed by atoms with E-state index in [9.17, 15) is 14.0 Å². The van der Waals surface area contributed by atoms with E-state index in [1.54, 1.807) is 12.1 Å². The average molecular weight is 266 g/mol. The fraction of sp³-hybridized carbons (Fsp3) is 0.250. The number of nitrogens with zero attached hydrogens (tertiary/aromatic N) is 1. The van der Waals surface area contributed by atoms with Crippen molar-refractivity contribution in [3.8, 4) is 0 Å². The van der Waals surface area contributed by atoms with Crippen LogP contribution in [-0.4, -0.2) is 28.4 Å². The zero-order chi connectivity index (χ0) is 13.1. The van der Waals surface area contributed by atoms with Crippen LogP contribution in [0.15, 0.2) is 24.3 Å². The summed E-state index contributed by atoms with van der Waals surface area (Å²) < 4.78 is 12.7. The van der Waals surface area contributed by atoms with E-state index in [0.717, 1.165) is 5.56 Å². The van der Waals surface area contributed by atoms with Gasteiger partial charge in [-0.2, -0.15) is 0 Å². The minimum Gasteiger partial charge on any atom is -0.302 e. The number of carbonyl (C=O) groups excluding carboxylic acids is 2. The molecular weight excluding hydrogens is 255 g/mol. The quantitative estimate of drug-likeness (QED) is 0.656. The first kappa shape index (κ1) is 12.6. The highest BCUT2D eigenvalue weighted by Crippen LogP contribution is 2.08. The molecule has 1 heterocycles. The highest BCUT2D eigenvalue weighted by atomic mass is 32.1. The van der Waals surface area contributed by atoms with Crippen molar-refractivity contribution in [1.29, 1.82) is 0 Å². The number of thiocarbonyl (C=S) groups is 1. The number of nitrogens with one attached hydrogen (secondary N) is 1. The summed E-state index contributed by atoms with van der Waals surface area (Å²) in [5.41, 5.74) is 0.906. The molecule has 6 heteroatoms. The van der Waals surface area contributed by atoms with Gasteiger partial charge in [-0.3, -0.25) is 14.5 Å². The van der Waals surface area contributed by atoms with Crippen molar-refractivity contribution in [2.45, 2.75) is 12.8 Å². The first-order valence-electron chi connectivity index (χ1n) is 5.45. The standard InChI is InChI=1S/C12H11FN2O2S/c13-9-3-1-8(2-4-9)5-6-15-11(17)7-10(16)14-12(15)18/h1-4H,5-7H2,(H,14,16,18). The fourth-order valence-electron chi connectivity index (χ4n) is 1.70. The Morgan fingerprint density at radius 2 is 1.94 bits per heavy atom. The van der Waals surface area contributed by atoms with Gasteiger partial charge in [-0.15, -0.1) is 0 Å². The Morgan fingerprint density at radius 3 is 2.56 bits per heavy atom. The molecule has 2 rings (SSSR count). The molecular formula is C12H11FN2O2S. The van der Waals surface area contributed by atoms with E-state index < -0.39 is 0 Å².